The highest BCUT2D eigenvalue weighted by atomic mass is 127. The van der Waals surface area contributed by atoms with Crippen LogP contribution >= 0.6 is 24.0 Å². The Morgan fingerprint density at radius 2 is 1.88 bits per heavy atom. The van der Waals surface area contributed by atoms with Gasteiger partial charge in [-0.1, -0.05) is 25.7 Å². The van der Waals surface area contributed by atoms with Gasteiger partial charge in [0.1, 0.15) is 5.82 Å². The van der Waals surface area contributed by atoms with Crippen LogP contribution in [0.1, 0.15) is 56.9 Å². The molecule has 5 nitrogen and oxygen atoms in total. The summed E-state index contributed by atoms with van der Waals surface area (Å²) in [7, 11) is 0. The van der Waals surface area contributed by atoms with E-state index in [1.54, 1.807) is 0 Å². The third-order valence-electron chi connectivity index (χ3n) is 4.88. The number of hydrogen-bond acceptors (Lipinski definition) is 3. The molecule has 0 spiro atoms. The fourth-order valence-corrected chi connectivity index (χ4v) is 3.53. The van der Waals surface area contributed by atoms with Gasteiger partial charge in [0.05, 0.1) is 6.54 Å². The van der Waals surface area contributed by atoms with Crippen LogP contribution in [0.15, 0.2) is 23.3 Å². The minimum Gasteiger partial charge on any atom is -0.370 e. The number of guanidine groups is 1. The lowest BCUT2D eigenvalue weighted by Gasteiger charge is -2.17. The molecule has 1 aromatic rings. The van der Waals surface area contributed by atoms with Crippen molar-refractivity contribution in [3.05, 3.63) is 23.9 Å². The van der Waals surface area contributed by atoms with E-state index in [0.717, 1.165) is 18.9 Å². The predicted molar refractivity (Wildman–Crippen MR) is 111 cm³/mol. The summed E-state index contributed by atoms with van der Waals surface area (Å²) in [6.07, 6.45) is 12.1. The zero-order valence-corrected chi connectivity index (χ0v) is 16.7. The van der Waals surface area contributed by atoms with Crippen LogP contribution in [0, 0.1) is 0 Å². The maximum Gasteiger partial charge on any atom is 0.189 e. The number of hydrogen-bond donors (Lipinski definition) is 2. The Morgan fingerprint density at radius 3 is 2.58 bits per heavy atom. The van der Waals surface area contributed by atoms with Crippen molar-refractivity contribution in [2.24, 2.45) is 10.7 Å². The zero-order valence-electron chi connectivity index (χ0n) is 14.4. The number of halogens is 1. The summed E-state index contributed by atoms with van der Waals surface area (Å²) < 4.78 is 0. The van der Waals surface area contributed by atoms with Gasteiger partial charge in [-0.05, 0) is 43.4 Å². The minimum absolute atomic E-state index is 0. The highest BCUT2D eigenvalue weighted by Crippen LogP contribution is 2.19. The molecule has 134 valence electrons. The first-order valence-electron chi connectivity index (χ1n) is 9.07. The van der Waals surface area contributed by atoms with E-state index >= 15 is 0 Å². The average molecular weight is 443 g/mol. The highest BCUT2D eigenvalue weighted by Gasteiger charge is 2.14. The maximum absolute atomic E-state index is 6.08. The smallest absolute Gasteiger partial charge is 0.189 e. The van der Waals surface area contributed by atoms with Gasteiger partial charge < -0.3 is 16.0 Å². The number of nitrogens with two attached hydrogens (primary N) is 1. The molecule has 3 N–H and O–H groups in total. The van der Waals surface area contributed by atoms with E-state index in [2.05, 4.69) is 26.3 Å². The SMILES string of the molecule is I.NC(=NCc1ccnc(N2CCCC2)c1)NC1CCCCCC1. The topological polar surface area (TPSA) is 66.5 Å². The first-order chi connectivity index (χ1) is 11.3. The van der Waals surface area contributed by atoms with Gasteiger partial charge in [0, 0.05) is 25.3 Å². The Balaban J connectivity index is 0.00000208. The molecule has 1 aliphatic carbocycles. The van der Waals surface area contributed by atoms with Crippen molar-refractivity contribution in [2.45, 2.75) is 64.0 Å². The second-order valence-corrected chi connectivity index (χ2v) is 6.75. The van der Waals surface area contributed by atoms with Gasteiger partial charge in [0.2, 0.25) is 0 Å². The summed E-state index contributed by atoms with van der Waals surface area (Å²) in [4.78, 5) is 11.4. The van der Waals surface area contributed by atoms with Gasteiger partial charge in [-0.25, -0.2) is 9.98 Å². The highest BCUT2D eigenvalue weighted by molar-refractivity contribution is 14.0. The van der Waals surface area contributed by atoms with Crippen molar-refractivity contribution >= 4 is 35.8 Å². The molecule has 1 aromatic heterocycles. The molecule has 6 heteroatoms. The fraction of sp³-hybridized carbons (Fsp3) is 0.667. The molecule has 0 bridgehead atoms. The summed E-state index contributed by atoms with van der Waals surface area (Å²) in [6.45, 7) is 2.85. The molecule has 3 rings (SSSR count). The molecule has 0 unspecified atom stereocenters. The van der Waals surface area contributed by atoms with E-state index in [1.165, 1.54) is 56.9 Å². The molecule has 2 aliphatic rings. The molecule has 0 atom stereocenters. The lowest BCUT2D eigenvalue weighted by atomic mass is 10.1. The van der Waals surface area contributed by atoms with Crippen LogP contribution in [0.3, 0.4) is 0 Å². The van der Waals surface area contributed by atoms with Crippen LogP contribution in [-0.4, -0.2) is 30.1 Å². The van der Waals surface area contributed by atoms with Crippen LogP contribution in [0.25, 0.3) is 0 Å². The van der Waals surface area contributed by atoms with E-state index in [-0.39, 0.29) is 24.0 Å². The number of aliphatic imine (C=N–C) groups is 1. The number of pyridine rings is 1. The standard InChI is InChI=1S/C18H29N5.HI/c19-18(22-16-7-3-1-2-4-8-16)21-14-15-9-10-20-17(13-15)23-11-5-6-12-23;/h9-10,13,16H,1-8,11-12,14H2,(H3,19,21,22);1H. The van der Waals surface area contributed by atoms with Crippen LogP contribution in [0.4, 0.5) is 5.82 Å². The third kappa shape index (κ3) is 5.79. The van der Waals surface area contributed by atoms with Crippen LogP contribution in [0.2, 0.25) is 0 Å². The van der Waals surface area contributed by atoms with Gasteiger partial charge in [-0.3, -0.25) is 0 Å². The van der Waals surface area contributed by atoms with Gasteiger partial charge in [-0.2, -0.15) is 0 Å². The molecule has 0 amide bonds. The summed E-state index contributed by atoms with van der Waals surface area (Å²) in [5, 5.41) is 3.40. The van der Waals surface area contributed by atoms with Gasteiger partial charge in [0.15, 0.2) is 5.96 Å². The number of nitrogens with zero attached hydrogens (tertiary/aromatic N) is 3. The lowest BCUT2D eigenvalue weighted by Crippen LogP contribution is -2.39. The van der Waals surface area contributed by atoms with Crippen molar-refractivity contribution in [3.63, 3.8) is 0 Å². The van der Waals surface area contributed by atoms with E-state index in [1.807, 2.05) is 12.3 Å². The summed E-state index contributed by atoms with van der Waals surface area (Å²) in [6, 6.07) is 4.68. The Hall–Kier alpha value is -1.05. The first kappa shape index (κ1) is 19.3. The number of rotatable bonds is 4. The van der Waals surface area contributed by atoms with Gasteiger partial charge >= 0.3 is 0 Å². The van der Waals surface area contributed by atoms with Crippen LogP contribution < -0.4 is 16.0 Å². The monoisotopic (exact) mass is 443 g/mol. The number of aromatic nitrogens is 1. The minimum atomic E-state index is 0. The molecule has 0 aromatic carbocycles. The van der Waals surface area contributed by atoms with E-state index in [4.69, 9.17) is 5.73 Å². The maximum atomic E-state index is 6.08. The first-order valence-corrected chi connectivity index (χ1v) is 9.07. The molecule has 0 radical (unpaired) electrons. The van der Waals surface area contributed by atoms with Crippen molar-refractivity contribution in [1.82, 2.24) is 10.3 Å². The van der Waals surface area contributed by atoms with Crippen molar-refractivity contribution in [2.75, 3.05) is 18.0 Å². The molecule has 2 heterocycles. The van der Waals surface area contributed by atoms with E-state index < -0.39 is 0 Å². The molecular formula is C18H30IN5. The second-order valence-electron chi connectivity index (χ2n) is 6.75. The van der Waals surface area contributed by atoms with Gasteiger partial charge in [0.25, 0.3) is 0 Å². The van der Waals surface area contributed by atoms with E-state index in [0.29, 0.717) is 18.5 Å². The number of nitrogens with one attached hydrogen (secondary N) is 1. The molecule has 2 fully saturated rings. The quantitative estimate of drug-likeness (QED) is 0.324. The average Bonchev–Trinajstić information content (AvgIpc) is 2.99. The Kier molecular flexibility index (Phi) is 8.08. The Morgan fingerprint density at radius 1 is 1.17 bits per heavy atom. The molecule has 1 aliphatic heterocycles. The van der Waals surface area contributed by atoms with Crippen LogP contribution in [0.5, 0.6) is 0 Å². The fourth-order valence-electron chi connectivity index (χ4n) is 3.53. The van der Waals surface area contributed by atoms with Gasteiger partial charge in [-0.15, -0.1) is 24.0 Å². The zero-order chi connectivity index (χ0) is 15.9. The Bertz CT molecular complexity index is 520. The summed E-state index contributed by atoms with van der Waals surface area (Å²) in [5.41, 5.74) is 7.25. The van der Waals surface area contributed by atoms with Crippen molar-refractivity contribution in [3.8, 4) is 0 Å². The normalized spacial score (nSPS) is 19.7. The molecule has 1 saturated heterocycles. The second kappa shape index (κ2) is 10.1. The Labute approximate surface area is 162 Å². The predicted octanol–water partition coefficient (Wildman–Crippen LogP) is 3.43. The van der Waals surface area contributed by atoms with E-state index in [9.17, 15) is 0 Å². The third-order valence-corrected chi connectivity index (χ3v) is 4.88. The molecule has 1 saturated carbocycles. The number of anilines is 1. The molecular weight excluding hydrogens is 413 g/mol. The van der Waals surface area contributed by atoms with Crippen LogP contribution in [-0.2, 0) is 6.54 Å². The van der Waals surface area contributed by atoms with Crippen molar-refractivity contribution < 1.29 is 0 Å². The largest absolute Gasteiger partial charge is 0.370 e. The van der Waals surface area contributed by atoms with Crippen molar-refractivity contribution in [1.29, 1.82) is 0 Å². The summed E-state index contributed by atoms with van der Waals surface area (Å²) in [5.74, 6) is 1.65. The molecule has 24 heavy (non-hydrogen) atoms. The lowest BCUT2D eigenvalue weighted by molar-refractivity contribution is 0.530. The summed E-state index contributed by atoms with van der Waals surface area (Å²) >= 11 is 0.